The van der Waals surface area contributed by atoms with Crippen molar-refractivity contribution in [3.05, 3.63) is 23.8 Å². The first-order valence-electron chi connectivity index (χ1n) is 8.19. The predicted molar refractivity (Wildman–Crippen MR) is 83.8 cm³/mol. The third kappa shape index (κ3) is 3.89. The Balaban J connectivity index is 1.42. The number of unbranched alkanes of at least 4 members (excludes halogenated alkanes) is 1. The molecule has 0 bridgehead atoms. The van der Waals surface area contributed by atoms with Crippen molar-refractivity contribution in [1.82, 2.24) is 10.2 Å². The highest BCUT2D eigenvalue weighted by Gasteiger charge is 2.18. The lowest BCUT2D eigenvalue weighted by atomic mass is 10.0. The van der Waals surface area contributed by atoms with Gasteiger partial charge < -0.3 is 19.7 Å². The molecule has 4 heteroatoms. The van der Waals surface area contributed by atoms with Crippen LogP contribution in [0.4, 0.5) is 0 Å². The minimum atomic E-state index is 0.350. The van der Waals surface area contributed by atoms with Gasteiger partial charge in [-0.25, -0.2) is 0 Å². The number of rotatable bonds is 6. The Labute approximate surface area is 127 Å². The van der Waals surface area contributed by atoms with Crippen molar-refractivity contribution < 1.29 is 9.47 Å². The number of hydrogen-bond acceptors (Lipinski definition) is 4. The summed E-state index contributed by atoms with van der Waals surface area (Å²) in [5, 5.41) is 3.68. The molecule has 1 aromatic rings. The number of likely N-dealkylation sites (tertiary alicyclic amines) is 1. The maximum atomic E-state index is 5.43. The zero-order valence-electron chi connectivity index (χ0n) is 12.9. The van der Waals surface area contributed by atoms with E-state index in [0.717, 1.165) is 18.0 Å². The van der Waals surface area contributed by atoms with Crippen molar-refractivity contribution in [2.24, 2.45) is 0 Å². The van der Waals surface area contributed by atoms with E-state index in [2.05, 4.69) is 29.3 Å². The van der Waals surface area contributed by atoms with Gasteiger partial charge in [0.25, 0.3) is 0 Å². The summed E-state index contributed by atoms with van der Waals surface area (Å²) in [6.07, 6.45) is 5.14. The van der Waals surface area contributed by atoms with Gasteiger partial charge in [-0.3, -0.25) is 0 Å². The first-order chi connectivity index (χ1) is 10.3. The molecule has 0 atom stereocenters. The predicted octanol–water partition coefficient (Wildman–Crippen LogP) is 2.77. The third-order valence-corrected chi connectivity index (χ3v) is 4.45. The summed E-state index contributed by atoms with van der Waals surface area (Å²) < 4.78 is 10.8. The summed E-state index contributed by atoms with van der Waals surface area (Å²) in [6.45, 7) is 7.27. The van der Waals surface area contributed by atoms with Gasteiger partial charge in [-0.1, -0.05) is 19.4 Å². The van der Waals surface area contributed by atoms with Crippen LogP contribution in [-0.4, -0.2) is 37.4 Å². The molecule has 0 aliphatic carbocycles. The average molecular weight is 290 g/mol. The normalized spacial score (nSPS) is 19.1. The van der Waals surface area contributed by atoms with Crippen LogP contribution in [0.25, 0.3) is 0 Å². The lowest BCUT2D eigenvalue weighted by Gasteiger charge is -2.32. The number of hydrogen-bond donors (Lipinski definition) is 1. The van der Waals surface area contributed by atoms with Gasteiger partial charge in [0.2, 0.25) is 6.79 Å². The van der Waals surface area contributed by atoms with Gasteiger partial charge in [0.1, 0.15) is 0 Å². The largest absolute Gasteiger partial charge is 0.454 e. The quantitative estimate of drug-likeness (QED) is 0.873. The van der Waals surface area contributed by atoms with Crippen LogP contribution in [0.2, 0.25) is 0 Å². The van der Waals surface area contributed by atoms with E-state index in [4.69, 9.17) is 9.47 Å². The fraction of sp³-hybridized carbons (Fsp3) is 0.647. The molecule has 116 valence electrons. The van der Waals surface area contributed by atoms with Crippen LogP contribution in [0.5, 0.6) is 11.5 Å². The number of piperidine rings is 1. The highest BCUT2D eigenvalue weighted by Crippen LogP contribution is 2.32. The van der Waals surface area contributed by atoms with Crippen LogP contribution in [0.3, 0.4) is 0 Å². The zero-order chi connectivity index (χ0) is 14.5. The van der Waals surface area contributed by atoms with E-state index in [1.54, 1.807) is 0 Å². The Morgan fingerprint density at radius 1 is 1.19 bits per heavy atom. The molecule has 2 aliphatic rings. The molecule has 21 heavy (non-hydrogen) atoms. The minimum absolute atomic E-state index is 0.350. The molecule has 0 spiro atoms. The van der Waals surface area contributed by atoms with Gasteiger partial charge >= 0.3 is 0 Å². The Bertz CT molecular complexity index is 456. The molecular weight excluding hydrogens is 264 g/mol. The molecule has 0 amide bonds. The second-order valence-corrected chi connectivity index (χ2v) is 6.04. The molecular formula is C17H26N2O2. The summed E-state index contributed by atoms with van der Waals surface area (Å²) in [6, 6.07) is 6.86. The Morgan fingerprint density at radius 2 is 2.00 bits per heavy atom. The first kappa shape index (κ1) is 14.7. The van der Waals surface area contributed by atoms with Gasteiger partial charge in [0.05, 0.1) is 0 Å². The SMILES string of the molecule is CCCCN1CCC(NCc2ccc3c(c2)OCO3)CC1. The molecule has 4 nitrogen and oxygen atoms in total. The fourth-order valence-corrected chi connectivity index (χ4v) is 3.06. The van der Waals surface area contributed by atoms with Crippen LogP contribution in [0, 0.1) is 0 Å². The highest BCUT2D eigenvalue weighted by molar-refractivity contribution is 5.44. The van der Waals surface area contributed by atoms with E-state index in [1.165, 1.54) is 50.9 Å². The van der Waals surface area contributed by atoms with Crippen molar-refractivity contribution in [2.45, 2.75) is 45.2 Å². The van der Waals surface area contributed by atoms with Crippen LogP contribution < -0.4 is 14.8 Å². The summed E-state index contributed by atoms with van der Waals surface area (Å²) >= 11 is 0. The number of nitrogens with zero attached hydrogens (tertiary/aromatic N) is 1. The van der Waals surface area contributed by atoms with Gasteiger partial charge in [0, 0.05) is 12.6 Å². The summed E-state index contributed by atoms with van der Waals surface area (Å²) in [4.78, 5) is 2.60. The van der Waals surface area contributed by atoms with E-state index in [0.29, 0.717) is 12.8 Å². The summed E-state index contributed by atoms with van der Waals surface area (Å²) in [5.41, 5.74) is 1.27. The topological polar surface area (TPSA) is 33.7 Å². The molecule has 0 unspecified atom stereocenters. The van der Waals surface area contributed by atoms with Crippen LogP contribution in [0.15, 0.2) is 18.2 Å². The second-order valence-electron chi connectivity index (χ2n) is 6.04. The molecule has 1 aromatic carbocycles. The monoisotopic (exact) mass is 290 g/mol. The second kappa shape index (κ2) is 7.14. The first-order valence-corrected chi connectivity index (χ1v) is 8.19. The standard InChI is InChI=1S/C17H26N2O2/c1-2-3-8-19-9-6-15(7-10-19)18-12-14-4-5-16-17(11-14)21-13-20-16/h4-5,11,15,18H,2-3,6-10,12-13H2,1H3. The van der Waals surface area contributed by atoms with Crippen LogP contribution in [-0.2, 0) is 6.54 Å². The molecule has 2 heterocycles. The number of benzene rings is 1. The van der Waals surface area contributed by atoms with E-state index >= 15 is 0 Å². The van der Waals surface area contributed by atoms with Gasteiger partial charge in [-0.05, 0) is 56.6 Å². The maximum absolute atomic E-state index is 5.43. The van der Waals surface area contributed by atoms with Crippen molar-refractivity contribution in [3.63, 3.8) is 0 Å². The average Bonchev–Trinajstić information content (AvgIpc) is 2.99. The van der Waals surface area contributed by atoms with E-state index in [1.807, 2.05) is 6.07 Å². The number of fused-ring (bicyclic) bond motifs is 1. The van der Waals surface area contributed by atoms with Crippen molar-refractivity contribution in [1.29, 1.82) is 0 Å². The van der Waals surface area contributed by atoms with E-state index < -0.39 is 0 Å². The Hall–Kier alpha value is -1.26. The summed E-state index contributed by atoms with van der Waals surface area (Å²) in [5.74, 6) is 1.74. The lowest BCUT2D eigenvalue weighted by Crippen LogP contribution is -2.42. The lowest BCUT2D eigenvalue weighted by molar-refractivity contribution is 0.174. The summed E-state index contributed by atoms with van der Waals surface area (Å²) in [7, 11) is 0. The number of nitrogens with one attached hydrogen (secondary N) is 1. The molecule has 1 saturated heterocycles. The minimum Gasteiger partial charge on any atom is -0.454 e. The molecule has 1 fully saturated rings. The fourth-order valence-electron chi connectivity index (χ4n) is 3.06. The zero-order valence-corrected chi connectivity index (χ0v) is 12.9. The van der Waals surface area contributed by atoms with E-state index in [9.17, 15) is 0 Å². The van der Waals surface area contributed by atoms with Gasteiger partial charge in [-0.2, -0.15) is 0 Å². The van der Waals surface area contributed by atoms with Crippen molar-refractivity contribution in [3.8, 4) is 11.5 Å². The van der Waals surface area contributed by atoms with E-state index in [-0.39, 0.29) is 0 Å². The molecule has 2 aliphatic heterocycles. The van der Waals surface area contributed by atoms with Gasteiger partial charge in [-0.15, -0.1) is 0 Å². The Morgan fingerprint density at radius 3 is 2.81 bits per heavy atom. The molecule has 0 radical (unpaired) electrons. The van der Waals surface area contributed by atoms with Crippen LogP contribution >= 0.6 is 0 Å². The smallest absolute Gasteiger partial charge is 0.231 e. The van der Waals surface area contributed by atoms with Crippen molar-refractivity contribution >= 4 is 0 Å². The van der Waals surface area contributed by atoms with Crippen molar-refractivity contribution in [2.75, 3.05) is 26.4 Å². The molecule has 0 aromatic heterocycles. The van der Waals surface area contributed by atoms with Gasteiger partial charge in [0.15, 0.2) is 11.5 Å². The van der Waals surface area contributed by atoms with Crippen LogP contribution in [0.1, 0.15) is 38.2 Å². The molecule has 0 saturated carbocycles. The molecule has 1 N–H and O–H groups in total. The number of ether oxygens (including phenoxy) is 2. The maximum Gasteiger partial charge on any atom is 0.231 e. The Kier molecular flexibility index (Phi) is 4.99. The highest BCUT2D eigenvalue weighted by atomic mass is 16.7. The molecule has 3 rings (SSSR count). The third-order valence-electron chi connectivity index (χ3n) is 4.45.